The quantitative estimate of drug-likeness (QED) is 0.753. The lowest BCUT2D eigenvalue weighted by atomic mass is 10.2. The van der Waals surface area contributed by atoms with Crippen molar-refractivity contribution in [3.05, 3.63) is 21.9 Å². The molecule has 1 atom stereocenters. The summed E-state index contributed by atoms with van der Waals surface area (Å²) in [6.45, 7) is 6.37. The highest BCUT2D eigenvalue weighted by Gasteiger charge is 2.02. The van der Waals surface area contributed by atoms with E-state index in [1.54, 1.807) is 0 Å². The number of likely N-dealkylation sites (N-methyl/N-ethyl adjacent to an activating group) is 1. The molecule has 1 rings (SSSR count). The van der Waals surface area contributed by atoms with Gasteiger partial charge in [0.25, 0.3) is 0 Å². The third-order valence-electron chi connectivity index (χ3n) is 2.09. The third-order valence-corrected chi connectivity index (χ3v) is 3.11. The standard InChI is InChI=1S/C10H18N2S/c1-8-4-5-13-10(8)7-12-9(2)6-11-3/h4-5,9,11-12H,6-7H2,1-3H3. The van der Waals surface area contributed by atoms with Crippen LogP contribution in [0.5, 0.6) is 0 Å². The molecule has 2 N–H and O–H groups in total. The number of hydrogen-bond acceptors (Lipinski definition) is 3. The predicted molar refractivity (Wildman–Crippen MR) is 59.3 cm³/mol. The van der Waals surface area contributed by atoms with E-state index in [-0.39, 0.29) is 0 Å². The van der Waals surface area contributed by atoms with Crippen LogP contribution >= 0.6 is 11.3 Å². The molecule has 1 aromatic rings. The van der Waals surface area contributed by atoms with Crippen LogP contribution in [-0.2, 0) is 6.54 Å². The topological polar surface area (TPSA) is 24.1 Å². The lowest BCUT2D eigenvalue weighted by Gasteiger charge is -2.12. The van der Waals surface area contributed by atoms with Crippen LogP contribution < -0.4 is 10.6 Å². The number of thiophene rings is 1. The summed E-state index contributed by atoms with van der Waals surface area (Å²) in [7, 11) is 1.98. The second-order valence-electron chi connectivity index (χ2n) is 3.37. The smallest absolute Gasteiger partial charge is 0.0305 e. The summed E-state index contributed by atoms with van der Waals surface area (Å²) >= 11 is 1.83. The lowest BCUT2D eigenvalue weighted by Crippen LogP contribution is -2.34. The largest absolute Gasteiger partial charge is 0.318 e. The SMILES string of the molecule is CNCC(C)NCc1sccc1C. The van der Waals surface area contributed by atoms with Gasteiger partial charge >= 0.3 is 0 Å². The van der Waals surface area contributed by atoms with E-state index in [1.165, 1.54) is 10.4 Å². The Hall–Kier alpha value is -0.380. The maximum absolute atomic E-state index is 3.47. The van der Waals surface area contributed by atoms with Gasteiger partial charge in [0.2, 0.25) is 0 Å². The molecule has 1 heterocycles. The molecular formula is C10H18N2S. The van der Waals surface area contributed by atoms with E-state index in [0.717, 1.165) is 13.1 Å². The van der Waals surface area contributed by atoms with Crippen molar-refractivity contribution in [1.29, 1.82) is 0 Å². The molecule has 3 heteroatoms. The highest BCUT2D eigenvalue weighted by molar-refractivity contribution is 7.10. The van der Waals surface area contributed by atoms with Crippen molar-refractivity contribution in [2.75, 3.05) is 13.6 Å². The molecule has 2 nitrogen and oxygen atoms in total. The van der Waals surface area contributed by atoms with Crippen LogP contribution in [-0.4, -0.2) is 19.6 Å². The molecule has 0 fully saturated rings. The van der Waals surface area contributed by atoms with Gasteiger partial charge in [-0.3, -0.25) is 0 Å². The van der Waals surface area contributed by atoms with E-state index in [0.29, 0.717) is 6.04 Å². The average Bonchev–Trinajstić information content (AvgIpc) is 2.48. The van der Waals surface area contributed by atoms with Crippen LogP contribution in [0, 0.1) is 6.92 Å². The summed E-state index contributed by atoms with van der Waals surface area (Å²) < 4.78 is 0. The molecule has 0 aliphatic carbocycles. The minimum atomic E-state index is 0.534. The van der Waals surface area contributed by atoms with Crippen molar-refractivity contribution >= 4 is 11.3 Å². The van der Waals surface area contributed by atoms with E-state index in [1.807, 2.05) is 18.4 Å². The molecule has 1 unspecified atom stereocenters. The molecule has 0 saturated carbocycles. The molecule has 0 bridgehead atoms. The molecule has 0 aliphatic rings. The van der Waals surface area contributed by atoms with Crippen molar-refractivity contribution in [2.24, 2.45) is 0 Å². The Kier molecular flexibility index (Phi) is 4.42. The second kappa shape index (κ2) is 5.37. The maximum Gasteiger partial charge on any atom is 0.0305 e. The Morgan fingerprint density at radius 2 is 2.31 bits per heavy atom. The number of rotatable bonds is 5. The van der Waals surface area contributed by atoms with Gasteiger partial charge in [0.05, 0.1) is 0 Å². The van der Waals surface area contributed by atoms with Crippen molar-refractivity contribution in [3.8, 4) is 0 Å². The van der Waals surface area contributed by atoms with Gasteiger partial charge in [0.15, 0.2) is 0 Å². The molecule has 74 valence electrons. The van der Waals surface area contributed by atoms with Gasteiger partial charge < -0.3 is 10.6 Å². The minimum absolute atomic E-state index is 0.534. The first-order chi connectivity index (χ1) is 6.24. The average molecular weight is 198 g/mol. The Morgan fingerprint density at radius 1 is 1.54 bits per heavy atom. The fraction of sp³-hybridized carbons (Fsp3) is 0.600. The molecule has 1 aromatic heterocycles. The maximum atomic E-state index is 3.47. The Labute approximate surface area is 84.4 Å². The van der Waals surface area contributed by atoms with Gasteiger partial charge in [0, 0.05) is 24.0 Å². The monoisotopic (exact) mass is 198 g/mol. The zero-order chi connectivity index (χ0) is 9.68. The number of nitrogens with one attached hydrogen (secondary N) is 2. The van der Waals surface area contributed by atoms with Crippen LogP contribution in [0.4, 0.5) is 0 Å². The minimum Gasteiger partial charge on any atom is -0.318 e. The van der Waals surface area contributed by atoms with Gasteiger partial charge in [-0.2, -0.15) is 0 Å². The van der Waals surface area contributed by atoms with Crippen LogP contribution in [0.3, 0.4) is 0 Å². The molecule has 0 amide bonds. The first-order valence-electron chi connectivity index (χ1n) is 4.65. The van der Waals surface area contributed by atoms with Crippen LogP contribution in [0.2, 0.25) is 0 Å². The zero-order valence-electron chi connectivity index (χ0n) is 8.55. The van der Waals surface area contributed by atoms with Gasteiger partial charge in [-0.1, -0.05) is 0 Å². The summed E-state index contributed by atoms with van der Waals surface area (Å²) in [4.78, 5) is 1.45. The van der Waals surface area contributed by atoms with E-state index in [9.17, 15) is 0 Å². The summed E-state index contributed by atoms with van der Waals surface area (Å²) in [5.41, 5.74) is 1.40. The van der Waals surface area contributed by atoms with Crippen LogP contribution in [0.1, 0.15) is 17.4 Å². The molecular weight excluding hydrogens is 180 g/mol. The van der Waals surface area contributed by atoms with Crippen LogP contribution in [0.15, 0.2) is 11.4 Å². The predicted octanol–water partition coefficient (Wildman–Crippen LogP) is 1.75. The Balaban J connectivity index is 2.30. The molecule has 0 saturated heterocycles. The van der Waals surface area contributed by atoms with Crippen molar-refractivity contribution in [2.45, 2.75) is 26.4 Å². The number of aryl methyl sites for hydroxylation is 1. The molecule has 0 spiro atoms. The van der Waals surface area contributed by atoms with Crippen LogP contribution in [0.25, 0.3) is 0 Å². The highest BCUT2D eigenvalue weighted by Crippen LogP contribution is 2.14. The van der Waals surface area contributed by atoms with Crippen molar-refractivity contribution in [1.82, 2.24) is 10.6 Å². The normalized spacial score (nSPS) is 13.2. The van der Waals surface area contributed by atoms with E-state index in [4.69, 9.17) is 0 Å². The summed E-state index contributed by atoms with van der Waals surface area (Å²) in [5, 5.41) is 8.78. The fourth-order valence-corrected chi connectivity index (χ4v) is 2.09. The Morgan fingerprint density at radius 3 is 2.85 bits per heavy atom. The highest BCUT2D eigenvalue weighted by atomic mass is 32.1. The molecule has 13 heavy (non-hydrogen) atoms. The third kappa shape index (κ3) is 3.46. The van der Waals surface area contributed by atoms with E-state index < -0.39 is 0 Å². The van der Waals surface area contributed by atoms with Gasteiger partial charge in [0.1, 0.15) is 0 Å². The van der Waals surface area contributed by atoms with Gasteiger partial charge in [-0.05, 0) is 37.9 Å². The van der Waals surface area contributed by atoms with Crippen molar-refractivity contribution < 1.29 is 0 Å². The molecule has 0 aromatic carbocycles. The van der Waals surface area contributed by atoms with Crippen molar-refractivity contribution in [3.63, 3.8) is 0 Å². The fourth-order valence-electron chi connectivity index (χ4n) is 1.23. The van der Waals surface area contributed by atoms with Gasteiger partial charge in [-0.15, -0.1) is 11.3 Å². The lowest BCUT2D eigenvalue weighted by molar-refractivity contribution is 0.525. The summed E-state index contributed by atoms with van der Waals surface area (Å²) in [6, 6.07) is 2.70. The Bertz CT molecular complexity index is 245. The number of hydrogen-bond donors (Lipinski definition) is 2. The zero-order valence-corrected chi connectivity index (χ0v) is 9.37. The molecule has 0 radical (unpaired) electrons. The first kappa shape index (κ1) is 10.7. The molecule has 0 aliphatic heterocycles. The first-order valence-corrected chi connectivity index (χ1v) is 5.53. The van der Waals surface area contributed by atoms with E-state index >= 15 is 0 Å². The second-order valence-corrected chi connectivity index (χ2v) is 4.37. The van der Waals surface area contributed by atoms with E-state index in [2.05, 4.69) is 35.9 Å². The summed E-state index contributed by atoms with van der Waals surface area (Å²) in [6.07, 6.45) is 0. The summed E-state index contributed by atoms with van der Waals surface area (Å²) in [5.74, 6) is 0. The van der Waals surface area contributed by atoms with Gasteiger partial charge in [-0.25, -0.2) is 0 Å².